The van der Waals surface area contributed by atoms with Crippen molar-refractivity contribution < 1.29 is 14.7 Å². The van der Waals surface area contributed by atoms with E-state index in [-0.39, 0.29) is 16.4 Å². The fraction of sp³-hybridized carbons (Fsp3) is 0.615. The first-order valence-corrected chi connectivity index (χ1v) is 7.52. The molecule has 0 spiro atoms. The molecule has 0 aliphatic heterocycles. The smallest absolute Gasteiger partial charge is 0.356 e. The molecule has 0 unspecified atom stereocenters. The van der Waals surface area contributed by atoms with Crippen molar-refractivity contribution >= 4 is 28.2 Å². The van der Waals surface area contributed by atoms with E-state index in [2.05, 4.69) is 29.0 Å². The standard InChI is InChI=1S/C13H21N3O3S/c1-4-7-16(5-2)8-6-14-13-15-10(12(18)19)11(20-13)9(3)17/h4-8H2,1-3H3,(H,14,15)(H,18,19). The summed E-state index contributed by atoms with van der Waals surface area (Å²) >= 11 is 1.10. The first kappa shape index (κ1) is 16.6. The van der Waals surface area contributed by atoms with E-state index in [0.717, 1.165) is 37.4 Å². The number of aromatic carboxylic acids is 1. The molecule has 0 saturated heterocycles. The van der Waals surface area contributed by atoms with E-state index in [1.807, 2.05) is 0 Å². The van der Waals surface area contributed by atoms with Crippen molar-refractivity contribution in [1.82, 2.24) is 9.88 Å². The average Bonchev–Trinajstić information content (AvgIpc) is 2.82. The van der Waals surface area contributed by atoms with Crippen LogP contribution >= 0.6 is 11.3 Å². The average molecular weight is 299 g/mol. The van der Waals surface area contributed by atoms with Crippen LogP contribution in [0.15, 0.2) is 0 Å². The number of carboxylic acids is 1. The van der Waals surface area contributed by atoms with Crippen LogP contribution in [-0.4, -0.2) is 52.9 Å². The maximum absolute atomic E-state index is 11.4. The Labute approximate surface area is 122 Å². The highest BCUT2D eigenvalue weighted by atomic mass is 32.1. The number of carbonyl (C=O) groups excluding carboxylic acids is 1. The molecule has 0 aliphatic rings. The highest BCUT2D eigenvalue weighted by Gasteiger charge is 2.20. The lowest BCUT2D eigenvalue weighted by atomic mass is 10.3. The number of rotatable bonds is 9. The molecule has 0 radical (unpaired) electrons. The van der Waals surface area contributed by atoms with Crippen LogP contribution in [0.1, 0.15) is 47.4 Å². The summed E-state index contributed by atoms with van der Waals surface area (Å²) in [4.78, 5) is 28.8. The van der Waals surface area contributed by atoms with Crippen LogP contribution in [0.25, 0.3) is 0 Å². The quantitative estimate of drug-likeness (QED) is 0.680. The first-order chi connectivity index (χ1) is 9.49. The number of hydrogen-bond donors (Lipinski definition) is 2. The predicted molar refractivity (Wildman–Crippen MR) is 80.0 cm³/mol. The van der Waals surface area contributed by atoms with Crippen molar-refractivity contribution in [2.24, 2.45) is 0 Å². The molecule has 1 heterocycles. The number of carbonyl (C=O) groups is 2. The molecule has 0 saturated carbocycles. The van der Waals surface area contributed by atoms with E-state index in [1.165, 1.54) is 6.92 Å². The molecule has 1 aromatic rings. The van der Waals surface area contributed by atoms with Crippen molar-refractivity contribution in [3.8, 4) is 0 Å². The number of nitrogens with zero attached hydrogens (tertiary/aromatic N) is 2. The minimum Gasteiger partial charge on any atom is -0.476 e. The van der Waals surface area contributed by atoms with Gasteiger partial charge in [0, 0.05) is 20.0 Å². The van der Waals surface area contributed by atoms with Gasteiger partial charge in [0.2, 0.25) is 0 Å². The van der Waals surface area contributed by atoms with Crippen LogP contribution in [0.2, 0.25) is 0 Å². The van der Waals surface area contributed by atoms with Crippen LogP contribution in [0.4, 0.5) is 5.13 Å². The SMILES string of the molecule is CCCN(CC)CCNc1nc(C(=O)O)c(C(C)=O)s1. The number of carboxylic acid groups (broad SMARTS) is 1. The van der Waals surface area contributed by atoms with Gasteiger partial charge in [0.25, 0.3) is 0 Å². The van der Waals surface area contributed by atoms with Crippen molar-refractivity contribution in [1.29, 1.82) is 0 Å². The molecule has 1 aromatic heterocycles. The van der Waals surface area contributed by atoms with Gasteiger partial charge in [0.1, 0.15) is 4.88 Å². The third-order valence-corrected chi connectivity index (χ3v) is 3.95. The Morgan fingerprint density at radius 3 is 2.50 bits per heavy atom. The lowest BCUT2D eigenvalue weighted by molar-refractivity contribution is 0.0687. The van der Waals surface area contributed by atoms with Gasteiger partial charge in [0.15, 0.2) is 16.6 Å². The summed E-state index contributed by atoms with van der Waals surface area (Å²) in [6.07, 6.45) is 1.10. The molecule has 2 N–H and O–H groups in total. The van der Waals surface area contributed by atoms with Gasteiger partial charge in [-0.15, -0.1) is 0 Å². The number of Topliss-reactive ketones (excluding diaryl/α,β-unsaturated/α-hetero) is 1. The molecule has 0 bridgehead atoms. The molecule has 20 heavy (non-hydrogen) atoms. The number of hydrogen-bond acceptors (Lipinski definition) is 6. The van der Waals surface area contributed by atoms with E-state index in [1.54, 1.807) is 0 Å². The summed E-state index contributed by atoms with van der Waals surface area (Å²) in [6.45, 7) is 9.15. The van der Waals surface area contributed by atoms with E-state index in [4.69, 9.17) is 5.11 Å². The van der Waals surface area contributed by atoms with Gasteiger partial charge in [0.05, 0.1) is 0 Å². The lowest BCUT2D eigenvalue weighted by Crippen LogP contribution is -2.29. The Morgan fingerprint density at radius 1 is 1.35 bits per heavy atom. The van der Waals surface area contributed by atoms with Crippen molar-refractivity contribution in [3.05, 3.63) is 10.6 Å². The normalized spacial score (nSPS) is 10.8. The zero-order valence-electron chi connectivity index (χ0n) is 12.1. The maximum Gasteiger partial charge on any atom is 0.356 e. The van der Waals surface area contributed by atoms with Crippen molar-refractivity contribution in [3.63, 3.8) is 0 Å². The maximum atomic E-state index is 11.4. The molecular formula is C13H21N3O3S. The van der Waals surface area contributed by atoms with E-state index < -0.39 is 5.97 Å². The molecule has 0 aromatic carbocycles. The molecule has 6 nitrogen and oxygen atoms in total. The molecular weight excluding hydrogens is 278 g/mol. The molecule has 0 aliphatic carbocycles. The summed E-state index contributed by atoms with van der Waals surface area (Å²) in [5, 5.41) is 12.6. The largest absolute Gasteiger partial charge is 0.476 e. The van der Waals surface area contributed by atoms with Gasteiger partial charge >= 0.3 is 5.97 Å². The number of aromatic nitrogens is 1. The molecule has 0 atom stereocenters. The van der Waals surface area contributed by atoms with Gasteiger partial charge < -0.3 is 15.3 Å². The van der Waals surface area contributed by atoms with Crippen LogP contribution < -0.4 is 5.32 Å². The van der Waals surface area contributed by atoms with E-state index in [9.17, 15) is 9.59 Å². The second-order valence-corrected chi connectivity index (χ2v) is 5.42. The summed E-state index contributed by atoms with van der Waals surface area (Å²) in [5.41, 5.74) is -0.161. The Balaban J connectivity index is 2.62. The van der Waals surface area contributed by atoms with Gasteiger partial charge in [-0.2, -0.15) is 0 Å². The highest BCUT2D eigenvalue weighted by molar-refractivity contribution is 7.17. The third kappa shape index (κ3) is 4.57. The van der Waals surface area contributed by atoms with E-state index in [0.29, 0.717) is 11.7 Å². The summed E-state index contributed by atoms with van der Waals surface area (Å²) in [5.74, 6) is -1.44. The second-order valence-electron chi connectivity index (χ2n) is 4.42. The number of nitrogens with one attached hydrogen (secondary N) is 1. The topological polar surface area (TPSA) is 82.5 Å². The minimum atomic E-state index is -1.17. The highest BCUT2D eigenvalue weighted by Crippen LogP contribution is 2.23. The van der Waals surface area contributed by atoms with Crippen LogP contribution in [0, 0.1) is 0 Å². The number of anilines is 1. The zero-order valence-corrected chi connectivity index (χ0v) is 12.9. The number of ketones is 1. The molecule has 7 heteroatoms. The predicted octanol–water partition coefficient (Wildman–Crippen LogP) is 2.19. The van der Waals surface area contributed by atoms with Crippen LogP contribution in [-0.2, 0) is 0 Å². The van der Waals surface area contributed by atoms with Gasteiger partial charge in [-0.25, -0.2) is 9.78 Å². The van der Waals surface area contributed by atoms with Crippen molar-refractivity contribution in [2.75, 3.05) is 31.5 Å². The van der Waals surface area contributed by atoms with Gasteiger partial charge in [-0.1, -0.05) is 25.2 Å². The van der Waals surface area contributed by atoms with Crippen LogP contribution in [0.3, 0.4) is 0 Å². The lowest BCUT2D eigenvalue weighted by Gasteiger charge is -2.19. The summed E-state index contributed by atoms with van der Waals surface area (Å²) in [7, 11) is 0. The van der Waals surface area contributed by atoms with Gasteiger partial charge in [-0.05, 0) is 19.5 Å². The zero-order chi connectivity index (χ0) is 15.1. The third-order valence-electron chi connectivity index (χ3n) is 2.84. The molecule has 0 amide bonds. The van der Waals surface area contributed by atoms with Crippen LogP contribution in [0.5, 0.6) is 0 Å². The fourth-order valence-electron chi connectivity index (χ4n) is 1.84. The molecule has 0 fully saturated rings. The molecule has 112 valence electrons. The number of thiazole rings is 1. The van der Waals surface area contributed by atoms with Gasteiger partial charge in [-0.3, -0.25) is 4.79 Å². The minimum absolute atomic E-state index is 0.161. The monoisotopic (exact) mass is 299 g/mol. The Hall–Kier alpha value is -1.47. The Morgan fingerprint density at radius 2 is 2.05 bits per heavy atom. The summed E-state index contributed by atoms with van der Waals surface area (Å²) < 4.78 is 0. The van der Waals surface area contributed by atoms with E-state index >= 15 is 0 Å². The molecule has 1 rings (SSSR count). The number of likely N-dealkylation sites (N-methyl/N-ethyl adjacent to an activating group) is 1. The first-order valence-electron chi connectivity index (χ1n) is 6.70. The fourth-order valence-corrected chi connectivity index (χ4v) is 2.72. The van der Waals surface area contributed by atoms with Crippen molar-refractivity contribution in [2.45, 2.75) is 27.2 Å². The summed E-state index contributed by atoms with van der Waals surface area (Å²) in [6, 6.07) is 0. The Bertz CT molecular complexity index is 442. The Kier molecular flexibility index (Phi) is 6.60. The second kappa shape index (κ2) is 7.96.